The highest BCUT2D eigenvalue weighted by Crippen LogP contribution is 2.43. The molecule has 330 valence electrons. The summed E-state index contributed by atoms with van der Waals surface area (Å²) in [6.07, 6.45) is 55.8. The molecule has 0 aliphatic heterocycles. The van der Waals surface area contributed by atoms with Crippen LogP contribution in [0, 0.1) is 0 Å². The standard InChI is InChI=1S/C48H80NO8P/c1-3-5-7-9-11-13-15-17-19-20-21-22-23-24-25-26-27-29-31-33-35-37-39-41-48(51)57-46(45-56-58(52,53)55-43-42-49)44-54-47(50)40-38-36-34-32-30-28-18-16-14-12-10-8-6-4-2/h5,7,10-13,16-19,21-22,24-25,27,29,46H,3-4,6,8-9,14-15,20,23,26,28,30-45,49H2,1-2H3,(H,52,53)/b7-5-,12-10-,13-11-,18-16-,19-17-,22-21-,25-24-,29-27-. The quantitative estimate of drug-likeness (QED) is 0.0268. The number of rotatable bonds is 40. The number of phosphoric ester groups is 1. The van der Waals surface area contributed by atoms with Gasteiger partial charge in [0, 0.05) is 19.4 Å². The molecular formula is C48H80NO8P. The van der Waals surface area contributed by atoms with Crippen LogP contribution in [-0.2, 0) is 32.7 Å². The maximum Gasteiger partial charge on any atom is 0.472 e. The van der Waals surface area contributed by atoms with Gasteiger partial charge in [0.1, 0.15) is 6.61 Å². The topological polar surface area (TPSA) is 134 Å². The van der Waals surface area contributed by atoms with Crippen molar-refractivity contribution >= 4 is 19.8 Å². The number of hydrogen-bond donors (Lipinski definition) is 2. The largest absolute Gasteiger partial charge is 0.472 e. The zero-order valence-electron chi connectivity index (χ0n) is 36.2. The molecule has 0 aliphatic rings. The van der Waals surface area contributed by atoms with Crippen LogP contribution in [0.5, 0.6) is 0 Å². The van der Waals surface area contributed by atoms with Crippen molar-refractivity contribution in [1.29, 1.82) is 0 Å². The molecule has 10 heteroatoms. The first kappa shape index (κ1) is 54.9. The van der Waals surface area contributed by atoms with Crippen molar-refractivity contribution in [3.63, 3.8) is 0 Å². The van der Waals surface area contributed by atoms with Gasteiger partial charge >= 0.3 is 19.8 Å². The molecule has 0 aromatic rings. The van der Waals surface area contributed by atoms with Crippen LogP contribution in [0.15, 0.2) is 97.2 Å². The maximum atomic E-state index is 12.6. The summed E-state index contributed by atoms with van der Waals surface area (Å²) in [7, 11) is -4.40. The van der Waals surface area contributed by atoms with E-state index in [0.717, 1.165) is 109 Å². The SMILES string of the molecule is CC/C=C\C/C=C\C/C=C\C/C=C\C/C=C\C/C=C\CCCCCCC(=O)OC(COC(=O)CCCCCCC/C=C\C/C=C\CCCC)COP(=O)(O)OCCN. The van der Waals surface area contributed by atoms with E-state index in [9.17, 15) is 19.0 Å². The lowest BCUT2D eigenvalue weighted by Gasteiger charge is -2.19. The zero-order valence-corrected chi connectivity index (χ0v) is 37.1. The van der Waals surface area contributed by atoms with E-state index in [1.807, 2.05) is 0 Å². The molecule has 0 aliphatic carbocycles. The van der Waals surface area contributed by atoms with Gasteiger partial charge in [0.2, 0.25) is 0 Å². The van der Waals surface area contributed by atoms with E-state index in [1.165, 1.54) is 12.8 Å². The van der Waals surface area contributed by atoms with Gasteiger partial charge in [-0.1, -0.05) is 156 Å². The predicted octanol–water partition coefficient (Wildman–Crippen LogP) is 13.0. The van der Waals surface area contributed by atoms with Gasteiger partial charge < -0.3 is 20.1 Å². The van der Waals surface area contributed by atoms with Crippen molar-refractivity contribution < 1.29 is 37.6 Å². The summed E-state index contributed by atoms with van der Waals surface area (Å²) < 4.78 is 32.8. The number of phosphoric acid groups is 1. The van der Waals surface area contributed by atoms with Gasteiger partial charge in [0.05, 0.1) is 13.2 Å². The van der Waals surface area contributed by atoms with Crippen molar-refractivity contribution in [1.82, 2.24) is 0 Å². The van der Waals surface area contributed by atoms with Gasteiger partial charge in [0.15, 0.2) is 6.10 Å². The van der Waals surface area contributed by atoms with Crippen LogP contribution in [0.25, 0.3) is 0 Å². The second kappa shape index (κ2) is 43.5. The molecule has 0 saturated heterocycles. The molecule has 58 heavy (non-hydrogen) atoms. The zero-order chi connectivity index (χ0) is 42.5. The van der Waals surface area contributed by atoms with Crippen molar-refractivity contribution in [3.05, 3.63) is 97.2 Å². The van der Waals surface area contributed by atoms with Crippen LogP contribution in [0.3, 0.4) is 0 Å². The Labute approximate surface area is 353 Å². The minimum absolute atomic E-state index is 0.0411. The van der Waals surface area contributed by atoms with Gasteiger partial charge in [-0.15, -0.1) is 0 Å². The monoisotopic (exact) mass is 830 g/mol. The number of allylic oxidation sites excluding steroid dienone is 16. The first-order valence-electron chi connectivity index (χ1n) is 22.2. The molecule has 0 spiro atoms. The lowest BCUT2D eigenvalue weighted by molar-refractivity contribution is -0.161. The number of carbonyl (C=O) groups excluding carboxylic acids is 2. The fourth-order valence-electron chi connectivity index (χ4n) is 5.42. The van der Waals surface area contributed by atoms with Gasteiger partial charge in [-0.25, -0.2) is 4.57 Å². The number of nitrogens with two attached hydrogens (primary N) is 1. The van der Waals surface area contributed by atoms with Gasteiger partial charge in [-0.05, 0) is 89.9 Å². The number of ether oxygens (including phenoxy) is 2. The fraction of sp³-hybridized carbons (Fsp3) is 0.625. The Morgan fingerprint density at radius 3 is 1.41 bits per heavy atom. The summed E-state index contributed by atoms with van der Waals surface area (Å²) in [5.41, 5.74) is 5.35. The Hall–Kier alpha value is -3.07. The van der Waals surface area contributed by atoms with Crippen LogP contribution in [0.4, 0.5) is 0 Å². The van der Waals surface area contributed by atoms with Crippen LogP contribution in [0.2, 0.25) is 0 Å². The fourth-order valence-corrected chi connectivity index (χ4v) is 6.18. The average molecular weight is 830 g/mol. The summed E-state index contributed by atoms with van der Waals surface area (Å²) in [5.74, 6) is -0.884. The van der Waals surface area contributed by atoms with E-state index in [-0.39, 0.29) is 32.6 Å². The molecule has 0 amide bonds. The van der Waals surface area contributed by atoms with Crippen LogP contribution in [-0.4, -0.2) is 49.3 Å². The molecule has 0 heterocycles. The van der Waals surface area contributed by atoms with Crippen molar-refractivity contribution in [2.24, 2.45) is 5.73 Å². The van der Waals surface area contributed by atoms with Crippen LogP contribution >= 0.6 is 7.82 Å². The third-order valence-electron chi connectivity index (χ3n) is 8.70. The first-order valence-corrected chi connectivity index (χ1v) is 23.7. The van der Waals surface area contributed by atoms with E-state index >= 15 is 0 Å². The summed E-state index contributed by atoms with van der Waals surface area (Å²) in [6, 6.07) is 0. The van der Waals surface area contributed by atoms with Gasteiger partial charge in [-0.2, -0.15) is 0 Å². The Kier molecular flexibility index (Phi) is 41.2. The molecule has 9 nitrogen and oxygen atoms in total. The van der Waals surface area contributed by atoms with E-state index in [2.05, 4.69) is 111 Å². The molecule has 0 aromatic heterocycles. The summed E-state index contributed by atoms with van der Waals surface area (Å²) in [4.78, 5) is 34.9. The van der Waals surface area contributed by atoms with Crippen molar-refractivity contribution in [2.75, 3.05) is 26.4 Å². The minimum Gasteiger partial charge on any atom is -0.462 e. The third-order valence-corrected chi connectivity index (χ3v) is 9.69. The highest BCUT2D eigenvalue weighted by molar-refractivity contribution is 7.47. The second-order valence-corrected chi connectivity index (χ2v) is 15.6. The summed E-state index contributed by atoms with van der Waals surface area (Å²) >= 11 is 0. The number of esters is 2. The predicted molar refractivity (Wildman–Crippen MR) is 242 cm³/mol. The van der Waals surface area contributed by atoms with Gasteiger partial charge in [0.25, 0.3) is 0 Å². The van der Waals surface area contributed by atoms with Gasteiger partial charge in [-0.3, -0.25) is 18.6 Å². The molecule has 2 atom stereocenters. The molecule has 0 bridgehead atoms. The molecule has 0 saturated carbocycles. The normalized spacial score (nSPS) is 14.2. The molecule has 3 N–H and O–H groups in total. The molecule has 0 fully saturated rings. The minimum atomic E-state index is -4.40. The van der Waals surface area contributed by atoms with E-state index < -0.39 is 32.5 Å². The summed E-state index contributed by atoms with van der Waals surface area (Å²) in [5, 5.41) is 0. The molecule has 0 rings (SSSR count). The Morgan fingerprint density at radius 2 is 0.948 bits per heavy atom. The van der Waals surface area contributed by atoms with Crippen molar-refractivity contribution in [2.45, 2.75) is 168 Å². The number of hydrogen-bond acceptors (Lipinski definition) is 8. The third kappa shape index (κ3) is 42.5. The van der Waals surface area contributed by atoms with E-state index in [0.29, 0.717) is 12.8 Å². The van der Waals surface area contributed by atoms with Crippen LogP contribution < -0.4 is 5.73 Å². The molecular weight excluding hydrogens is 750 g/mol. The summed E-state index contributed by atoms with van der Waals surface area (Å²) in [6.45, 7) is 3.50. The Bertz CT molecular complexity index is 1270. The van der Waals surface area contributed by atoms with Crippen molar-refractivity contribution in [3.8, 4) is 0 Å². The molecule has 0 radical (unpaired) electrons. The highest BCUT2D eigenvalue weighted by atomic mass is 31.2. The smallest absolute Gasteiger partial charge is 0.462 e. The Balaban J connectivity index is 4.24. The highest BCUT2D eigenvalue weighted by Gasteiger charge is 2.26. The number of carbonyl (C=O) groups is 2. The lowest BCUT2D eigenvalue weighted by atomic mass is 10.1. The molecule has 0 aromatic carbocycles. The maximum absolute atomic E-state index is 12.6. The first-order chi connectivity index (χ1) is 28.3. The number of unbranched alkanes of at least 4 members (excludes halogenated alkanes) is 11. The van der Waals surface area contributed by atoms with E-state index in [4.69, 9.17) is 24.3 Å². The van der Waals surface area contributed by atoms with E-state index in [1.54, 1.807) is 0 Å². The molecule has 2 unspecified atom stereocenters. The lowest BCUT2D eigenvalue weighted by Crippen LogP contribution is -2.29. The average Bonchev–Trinajstić information content (AvgIpc) is 3.21. The second-order valence-electron chi connectivity index (χ2n) is 14.2. The van der Waals surface area contributed by atoms with Crippen LogP contribution in [0.1, 0.15) is 162 Å². The Morgan fingerprint density at radius 1 is 0.534 bits per heavy atom.